The van der Waals surface area contributed by atoms with E-state index in [1.165, 1.54) is 6.26 Å². The van der Waals surface area contributed by atoms with Gasteiger partial charge in [0.25, 0.3) is 0 Å². The number of rotatable bonds is 9. The molecular weight excluding hydrogens is 288 g/mol. The topological polar surface area (TPSA) is 84.0 Å². The zero-order valence-corrected chi connectivity index (χ0v) is 14.1. The molecule has 0 aliphatic rings. The molecule has 21 heavy (non-hydrogen) atoms. The monoisotopic (exact) mass is 314 g/mol. The fourth-order valence-electron chi connectivity index (χ4n) is 1.71. The van der Waals surface area contributed by atoms with Gasteiger partial charge in [-0.15, -0.1) is 0 Å². The first-order valence-corrected chi connectivity index (χ1v) is 9.42. The lowest BCUT2D eigenvalue weighted by Crippen LogP contribution is -2.13. The Labute approximate surface area is 127 Å². The fourth-order valence-corrected chi connectivity index (χ4v) is 2.38. The van der Waals surface area contributed by atoms with Crippen LogP contribution >= 0.6 is 0 Å². The van der Waals surface area contributed by atoms with E-state index in [2.05, 4.69) is 27.5 Å². The van der Waals surface area contributed by atoms with Crippen molar-refractivity contribution in [2.45, 2.75) is 39.5 Å². The molecule has 0 aliphatic carbocycles. The normalized spacial score (nSPS) is 11.7. The minimum absolute atomic E-state index is 0.184. The maximum absolute atomic E-state index is 11.1. The molecule has 0 saturated heterocycles. The van der Waals surface area contributed by atoms with E-state index in [1.807, 2.05) is 19.9 Å². The number of hydrogen-bond acceptors (Lipinski definition) is 6. The highest BCUT2D eigenvalue weighted by molar-refractivity contribution is 7.90. The molecule has 0 saturated carbocycles. The molecule has 0 atom stereocenters. The molecule has 0 unspecified atom stereocenters. The van der Waals surface area contributed by atoms with Gasteiger partial charge < -0.3 is 10.6 Å². The number of nitrogens with zero attached hydrogens (tertiary/aromatic N) is 2. The van der Waals surface area contributed by atoms with Crippen LogP contribution in [0.1, 0.15) is 45.4 Å². The molecule has 1 aromatic heterocycles. The van der Waals surface area contributed by atoms with Crippen molar-refractivity contribution in [3.8, 4) is 0 Å². The van der Waals surface area contributed by atoms with Crippen LogP contribution < -0.4 is 10.6 Å². The molecule has 1 aromatic rings. The van der Waals surface area contributed by atoms with Crippen LogP contribution in [0.5, 0.6) is 0 Å². The molecule has 6 nitrogen and oxygen atoms in total. The predicted octanol–water partition coefficient (Wildman–Crippen LogP) is 2.27. The van der Waals surface area contributed by atoms with Crippen LogP contribution in [0.4, 0.5) is 11.6 Å². The Morgan fingerprint density at radius 3 is 2.19 bits per heavy atom. The molecular formula is C14H26N4O2S. The third kappa shape index (κ3) is 7.27. The third-order valence-corrected chi connectivity index (χ3v) is 3.84. The van der Waals surface area contributed by atoms with Crippen LogP contribution in [0.25, 0.3) is 0 Å². The summed E-state index contributed by atoms with van der Waals surface area (Å²) >= 11 is 0. The molecule has 7 heteroatoms. The summed E-state index contributed by atoms with van der Waals surface area (Å²) in [5, 5.41) is 6.43. The second kappa shape index (κ2) is 8.17. The zero-order valence-electron chi connectivity index (χ0n) is 13.3. The van der Waals surface area contributed by atoms with Crippen molar-refractivity contribution in [2.75, 3.05) is 35.7 Å². The molecule has 1 rings (SSSR count). The van der Waals surface area contributed by atoms with Gasteiger partial charge in [-0.05, 0) is 12.8 Å². The van der Waals surface area contributed by atoms with Gasteiger partial charge in [-0.3, -0.25) is 0 Å². The van der Waals surface area contributed by atoms with E-state index in [-0.39, 0.29) is 11.7 Å². The van der Waals surface area contributed by atoms with Gasteiger partial charge in [0.15, 0.2) is 0 Å². The number of nitrogens with one attached hydrogen (secondary N) is 2. The second-order valence-electron chi connectivity index (χ2n) is 5.49. The fraction of sp³-hybridized carbons (Fsp3) is 0.714. The van der Waals surface area contributed by atoms with E-state index < -0.39 is 9.84 Å². The Morgan fingerprint density at radius 2 is 1.71 bits per heavy atom. The first kappa shape index (κ1) is 17.7. The Bertz CT molecular complexity index is 544. The third-order valence-electron chi connectivity index (χ3n) is 2.81. The van der Waals surface area contributed by atoms with Gasteiger partial charge in [-0.1, -0.05) is 20.8 Å². The van der Waals surface area contributed by atoms with Gasteiger partial charge in [0.1, 0.15) is 27.3 Å². The van der Waals surface area contributed by atoms with Gasteiger partial charge >= 0.3 is 0 Å². The maximum Gasteiger partial charge on any atom is 0.147 e. The van der Waals surface area contributed by atoms with Crippen LogP contribution in [-0.2, 0) is 9.84 Å². The molecule has 1 heterocycles. The lowest BCUT2D eigenvalue weighted by molar-refractivity contribution is 0.600. The number of hydrogen-bond donors (Lipinski definition) is 2. The van der Waals surface area contributed by atoms with Crippen molar-refractivity contribution in [3.05, 3.63) is 11.9 Å². The van der Waals surface area contributed by atoms with Crippen molar-refractivity contribution in [3.63, 3.8) is 0 Å². The van der Waals surface area contributed by atoms with E-state index in [9.17, 15) is 8.42 Å². The molecule has 0 amide bonds. The van der Waals surface area contributed by atoms with Crippen molar-refractivity contribution >= 4 is 21.5 Å². The van der Waals surface area contributed by atoms with Crippen LogP contribution in [0.2, 0.25) is 0 Å². The van der Waals surface area contributed by atoms with Crippen LogP contribution in [0.3, 0.4) is 0 Å². The van der Waals surface area contributed by atoms with Crippen molar-refractivity contribution < 1.29 is 8.42 Å². The quantitative estimate of drug-likeness (QED) is 0.680. The summed E-state index contributed by atoms with van der Waals surface area (Å²) in [4.78, 5) is 8.94. The van der Waals surface area contributed by atoms with Crippen LogP contribution in [0, 0.1) is 0 Å². The highest BCUT2D eigenvalue weighted by atomic mass is 32.2. The summed E-state index contributed by atoms with van der Waals surface area (Å²) in [5.74, 6) is 2.75. The van der Waals surface area contributed by atoms with Gasteiger partial charge in [-0.2, -0.15) is 0 Å². The molecule has 0 aliphatic heterocycles. The van der Waals surface area contributed by atoms with E-state index >= 15 is 0 Å². The van der Waals surface area contributed by atoms with Crippen molar-refractivity contribution in [2.24, 2.45) is 0 Å². The Hall–Kier alpha value is -1.37. The number of sulfone groups is 1. The minimum atomic E-state index is -2.91. The Kier molecular flexibility index (Phi) is 6.87. The number of anilines is 2. The Balaban J connectivity index is 2.69. The lowest BCUT2D eigenvalue weighted by Gasteiger charge is -2.12. The highest BCUT2D eigenvalue weighted by Crippen LogP contribution is 2.17. The summed E-state index contributed by atoms with van der Waals surface area (Å²) in [6.07, 6.45) is 2.84. The predicted molar refractivity (Wildman–Crippen MR) is 87.7 cm³/mol. The second-order valence-corrected chi connectivity index (χ2v) is 7.75. The average molecular weight is 314 g/mol. The number of aromatic nitrogens is 2. The zero-order chi connectivity index (χ0) is 15.9. The molecule has 0 fully saturated rings. The molecule has 2 N–H and O–H groups in total. The van der Waals surface area contributed by atoms with E-state index in [0.29, 0.717) is 13.0 Å². The molecule has 0 bridgehead atoms. The van der Waals surface area contributed by atoms with E-state index in [1.54, 1.807) is 0 Å². The standard InChI is InChI=1S/C14H26N4O2S/c1-5-7-15-12-10-13(18-14(17-12)11(2)3)16-8-6-9-21(4,19)20/h10-11H,5-9H2,1-4H3,(H2,15,16,17,18). The van der Waals surface area contributed by atoms with Gasteiger partial charge in [0.2, 0.25) is 0 Å². The Morgan fingerprint density at radius 1 is 1.14 bits per heavy atom. The summed E-state index contributed by atoms with van der Waals surface area (Å²) in [6.45, 7) is 7.64. The summed E-state index contributed by atoms with van der Waals surface area (Å²) < 4.78 is 22.2. The largest absolute Gasteiger partial charge is 0.370 e. The minimum Gasteiger partial charge on any atom is -0.370 e. The average Bonchev–Trinajstić information content (AvgIpc) is 2.40. The highest BCUT2D eigenvalue weighted by Gasteiger charge is 2.08. The SMILES string of the molecule is CCCNc1cc(NCCCS(C)(=O)=O)nc(C(C)C)n1. The first-order valence-electron chi connectivity index (χ1n) is 7.36. The molecule has 120 valence electrons. The first-order chi connectivity index (χ1) is 9.81. The van der Waals surface area contributed by atoms with Crippen LogP contribution in [-0.4, -0.2) is 43.5 Å². The molecule has 0 radical (unpaired) electrons. The van der Waals surface area contributed by atoms with Gasteiger partial charge in [0.05, 0.1) is 5.75 Å². The summed E-state index contributed by atoms with van der Waals surface area (Å²) in [7, 11) is -2.91. The van der Waals surface area contributed by atoms with Crippen molar-refractivity contribution in [1.29, 1.82) is 0 Å². The van der Waals surface area contributed by atoms with Gasteiger partial charge in [0, 0.05) is 31.3 Å². The summed E-state index contributed by atoms with van der Waals surface area (Å²) in [5.41, 5.74) is 0. The van der Waals surface area contributed by atoms with Crippen LogP contribution in [0.15, 0.2) is 6.07 Å². The smallest absolute Gasteiger partial charge is 0.147 e. The van der Waals surface area contributed by atoms with E-state index in [0.717, 1.165) is 30.4 Å². The summed E-state index contributed by atoms with van der Waals surface area (Å²) in [6, 6.07) is 1.86. The van der Waals surface area contributed by atoms with E-state index in [4.69, 9.17) is 0 Å². The molecule has 0 aromatic carbocycles. The van der Waals surface area contributed by atoms with Gasteiger partial charge in [-0.25, -0.2) is 18.4 Å². The molecule has 0 spiro atoms. The maximum atomic E-state index is 11.1. The lowest BCUT2D eigenvalue weighted by atomic mass is 10.2. The van der Waals surface area contributed by atoms with Crippen molar-refractivity contribution in [1.82, 2.24) is 9.97 Å².